The van der Waals surface area contributed by atoms with Gasteiger partial charge in [0.25, 0.3) is 0 Å². The molecule has 1 fully saturated rings. The highest BCUT2D eigenvalue weighted by atomic mass is 29.8. The van der Waals surface area contributed by atoms with E-state index in [2.05, 4.69) is 66.2 Å². The zero-order valence-electron chi connectivity index (χ0n) is 21.4. The molecule has 1 aliphatic heterocycles. The van der Waals surface area contributed by atoms with Crippen LogP contribution < -0.4 is 4.74 Å². The zero-order valence-corrected chi connectivity index (χ0v) is 25.4. The van der Waals surface area contributed by atoms with E-state index < -0.39 is 35.6 Å². The number of ether oxygens (including phenoxy) is 1. The molecular formula is C23H44O4Si4. The Hall–Kier alpha value is -0.682. The van der Waals surface area contributed by atoms with Crippen molar-refractivity contribution in [1.29, 1.82) is 0 Å². The van der Waals surface area contributed by atoms with Gasteiger partial charge in [-0.25, -0.2) is 4.79 Å². The largest absolute Gasteiger partial charge is 0.488 e. The predicted octanol–water partition coefficient (Wildman–Crippen LogP) is 6.61. The van der Waals surface area contributed by atoms with Gasteiger partial charge in [0, 0.05) is 7.11 Å². The van der Waals surface area contributed by atoms with Gasteiger partial charge in [-0.3, -0.25) is 0 Å². The van der Waals surface area contributed by atoms with Crippen LogP contribution in [0.1, 0.15) is 49.9 Å². The Labute approximate surface area is 193 Å². The summed E-state index contributed by atoms with van der Waals surface area (Å²) < 4.78 is 14.0. The molecule has 0 spiro atoms. The van der Waals surface area contributed by atoms with Crippen LogP contribution in [0.15, 0.2) is 24.3 Å². The molecule has 0 saturated carbocycles. The van der Waals surface area contributed by atoms with Crippen LogP contribution in [0.2, 0.25) is 52.4 Å². The average Bonchev–Trinajstić information content (AvgIpc) is 2.66. The fourth-order valence-electron chi connectivity index (χ4n) is 5.27. The minimum atomic E-state index is -1.85. The van der Waals surface area contributed by atoms with Crippen LogP contribution in [0.4, 0.5) is 0 Å². The number of carboxylic acids is 1. The number of unbranched alkanes of at least 4 members (excludes halogenated alkanes) is 2. The molecule has 2 atom stereocenters. The third-order valence-electron chi connectivity index (χ3n) is 9.40. The molecule has 4 nitrogen and oxygen atoms in total. The molecule has 1 aliphatic rings. The highest BCUT2D eigenvalue weighted by molar-refractivity contribution is 7.83. The Morgan fingerprint density at radius 2 is 1.55 bits per heavy atom. The van der Waals surface area contributed by atoms with E-state index >= 15 is 0 Å². The van der Waals surface area contributed by atoms with E-state index in [1.165, 1.54) is 12.8 Å². The topological polar surface area (TPSA) is 55.8 Å². The van der Waals surface area contributed by atoms with Gasteiger partial charge in [0.05, 0.1) is 25.5 Å². The van der Waals surface area contributed by atoms with Gasteiger partial charge in [0.2, 0.25) is 0 Å². The molecule has 0 aliphatic carbocycles. The lowest BCUT2D eigenvalue weighted by molar-refractivity contribution is 0.0165. The molecule has 1 aromatic rings. The number of rotatable bonds is 8. The molecule has 0 bridgehead atoms. The highest BCUT2D eigenvalue weighted by Crippen LogP contribution is 2.50. The summed E-state index contributed by atoms with van der Waals surface area (Å²) in [5, 5.41) is 9.00. The van der Waals surface area contributed by atoms with E-state index in [1.807, 2.05) is 0 Å². The van der Waals surface area contributed by atoms with Gasteiger partial charge in [-0.15, -0.1) is 0 Å². The lowest BCUT2D eigenvalue weighted by Gasteiger charge is -2.67. The van der Waals surface area contributed by atoms with Crippen molar-refractivity contribution in [2.75, 3.05) is 0 Å². The maximum Gasteiger partial charge on any atom is 0.335 e. The van der Waals surface area contributed by atoms with E-state index in [9.17, 15) is 9.90 Å². The van der Waals surface area contributed by atoms with Crippen LogP contribution in [-0.2, 0) is 4.43 Å². The lowest BCUT2D eigenvalue weighted by atomic mass is 10.1. The molecule has 2 rings (SSSR count). The van der Waals surface area contributed by atoms with E-state index in [0.29, 0.717) is 5.56 Å². The van der Waals surface area contributed by atoms with Crippen LogP contribution in [0.5, 0.6) is 5.75 Å². The fourth-order valence-corrected chi connectivity index (χ4v) is 76.3. The summed E-state index contributed by atoms with van der Waals surface area (Å²) >= 11 is 0. The van der Waals surface area contributed by atoms with Crippen molar-refractivity contribution in [3.63, 3.8) is 0 Å². The third kappa shape index (κ3) is 4.42. The zero-order chi connectivity index (χ0) is 23.9. The van der Waals surface area contributed by atoms with Crippen molar-refractivity contribution < 1.29 is 19.1 Å². The van der Waals surface area contributed by atoms with Crippen LogP contribution in [0, 0.1) is 0 Å². The summed E-state index contributed by atoms with van der Waals surface area (Å²) in [6.07, 6.45) is 4.48. The first-order valence-electron chi connectivity index (χ1n) is 11.8. The summed E-state index contributed by atoms with van der Waals surface area (Å²) in [5.74, 6) is -0.156. The second-order valence-corrected chi connectivity index (χ2v) is 50.9. The standard InChI is InChI=1S/C23H44O4Si4/c1-11-12-13-14-21(26-20-17-15-19(16-18-20)22(24)25)23(2)27-29(5,6)31(9,10)30(7,8)28(23,3)4/h15-18,21H,11-14H2,1-10H3,(H,24,25). The number of carbonyl (C=O) groups is 1. The molecule has 1 saturated heterocycles. The summed E-state index contributed by atoms with van der Waals surface area (Å²) in [4.78, 5) is 11.3. The van der Waals surface area contributed by atoms with Crippen LogP contribution >= 0.6 is 0 Å². The quantitative estimate of drug-likeness (QED) is 0.325. The molecule has 176 valence electrons. The van der Waals surface area contributed by atoms with Gasteiger partial charge in [-0.2, -0.15) is 0 Å². The predicted molar refractivity (Wildman–Crippen MR) is 141 cm³/mol. The molecule has 0 aromatic heterocycles. The Balaban J connectivity index is 2.51. The van der Waals surface area contributed by atoms with E-state index in [0.717, 1.165) is 18.6 Å². The number of benzene rings is 1. The third-order valence-corrected chi connectivity index (χ3v) is 76.8. The molecule has 1 aromatic carbocycles. The smallest absolute Gasteiger partial charge is 0.335 e. The first kappa shape index (κ1) is 26.6. The van der Waals surface area contributed by atoms with E-state index in [4.69, 9.17) is 9.16 Å². The Kier molecular flexibility index (Phi) is 7.65. The minimum absolute atomic E-state index is 0.0000414. The first-order valence-corrected chi connectivity index (χ1v) is 26.7. The first-order chi connectivity index (χ1) is 14.0. The maximum atomic E-state index is 11.3. The second-order valence-electron chi connectivity index (χ2n) is 11.5. The second kappa shape index (κ2) is 8.93. The SMILES string of the molecule is CCCCCC(Oc1ccc(C(=O)O)cc1)C1(C)O[Si](C)(C)[Si](C)(C)[Si](C)(C)[Si]1(C)C. The summed E-state index contributed by atoms with van der Waals surface area (Å²) in [7, 11) is -6.64. The maximum absolute atomic E-state index is 11.3. The van der Waals surface area contributed by atoms with Crippen molar-refractivity contribution in [1.82, 2.24) is 0 Å². The molecule has 0 radical (unpaired) electrons. The van der Waals surface area contributed by atoms with Gasteiger partial charge >= 0.3 is 5.97 Å². The minimum Gasteiger partial charge on any atom is -0.488 e. The molecule has 1 heterocycles. The fraction of sp³-hybridized carbons (Fsp3) is 0.696. The molecular weight excluding hydrogens is 453 g/mol. The van der Waals surface area contributed by atoms with Gasteiger partial charge in [0.15, 0.2) is 7.83 Å². The Morgan fingerprint density at radius 3 is 2.03 bits per heavy atom. The lowest BCUT2D eigenvalue weighted by Crippen LogP contribution is -2.92. The van der Waals surface area contributed by atoms with E-state index in [-0.39, 0.29) is 11.3 Å². The summed E-state index contributed by atoms with van der Waals surface area (Å²) in [6.45, 7) is 25.2. The van der Waals surface area contributed by atoms with E-state index in [1.54, 1.807) is 24.3 Å². The van der Waals surface area contributed by atoms with Crippen LogP contribution in [0.3, 0.4) is 0 Å². The van der Waals surface area contributed by atoms with Gasteiger partial charge in [0.1, 0.15) is 11.9 Å². The number of hydrogen-bond acceptors (Lipinski definition) is 3. The molecule has 8 heteroatoms. The normalized spacial score (nSPS) is 26.8. The van der Waals surface area contributed by atoms with Gasteiger partial charge in [-0.1, -0.05) is 59.0 Å². The summed E-state index contributed by atoms with van der Waals surface area (Å²) in [6, 6.07) is 6.89. The Bertz CT molecular complexity index is 789. The summed E-state index contributed by atoms with van der Waals surface area (Å²) in [5.41, 5.74) is 0.291. The van der Waals surface area contributed by atoms with Crippen molar-refractivity contribution in [2.45, 2.75) is 103 Å². The van der Waals surface area contributed by atoms with Crippen molar-refractivity contribution >= 4 is 35.6 Å². The van der Waals surface area contributed by atoms with Crippen molar-refractivity contribution in [3.8, 4) is 5.75 Å². The molecule has 0 amide bonds. The highest BCUT2D eigenvalue weighted by Gasteiger charge is 2.72. The average molecular weight is 497 g/mol. The monoisotopic (exact) mass is 496 g/mol. The van der Waals surface area contributed by atoms with Crippen molar-refractivity contribution in [2.24, 2.45) is 0 Å². The molecule has 31 heavy (non-hydrogen) atoms. The van der Waals surface area contributed by atoms with Crippen LogP contribution in [-0.4, -0.2) is 52.0 Å². The number of carboxylic acid groups (broad SMARTS) is 1. The number of hydrogen-bond donors (Lipinski definition) is 1. The number of aromatic carboxylic acids is 1. The Morgan fingerprint density at radius 1 is 1.00 bits per heavy atom. The van der Waals surface area contributed by atoms with Crippen molar-refractivity contribution in [3.05, 3.63) is 29.8 Å². The van der Waals surface area contributed by atoms with Crippen LogP contribution in [0.25, 0.3) is 0 Å². The van der Waals surface area contributed by atoms with Gasteiger partial charge < -0.3 is 14.3 Å². The molecule has 2 unspecified atom stereocenters. The van der Waals surface area contributed by atoms with Gasteiger partial charge in [-0.05, 0) is 57.1 Å². The molecule has 1 N–H and O–H groups in total.